The standard InChI is InChI=1S/C22H28FN5O/c1-2-24-21(25-15-17-7-5-9-19(23)13-17)26-16-18-8-6-10-20(14-18)27-22(29)28-11-3-4-12-28/h5-10,13-14H,2-4,11-12,15-16H2,1H3,(H,27,29)(H2,24,25,26). The van der Waals surface area contributed by atoms with Crippen molar-refractivity contribution in [3.8, 4) is 0 Å². The first-order valence-corrected chi connectivity index (χ1v) is 10.1. The van der Waals surface area contributed by atoms with E-state index in [0.717, 1.165) is 49.3 Å². The largest absolute Gasteiger partial charge is 0.357 e. The fourth-order valence-electron chi connectivity index (χ4n) is 3.21. The monoisotopic (exact) mass is 397 g/mol. The predicted octanol–water partition coefficient (Wildman–Crippen LogP) is 3.71. The lowest BCUT2D eigenvalue weighted by atomic mass is 10.2. The molecule has 2 aromatic rings. The van der Waals surface area contributed by atoms with Gasteiger partial charge in [0.25, 0.3) is 0 Å². The maximum Gasteiger partial charge on any atom is 0.321 e. The number of benzene rings is 2. The van der Waals surface area contributed by atoms with Gasteiger partial charge in [-0.15, -0.1) is 0 Å². The topological polar surface area (TPSA) is 68.8 Å². The maximum absolute atomic E-state index is 13.3. The summed E-state index contributed by atoms with van der Waals surface area (Å²) in [6.45, 7) is 5.30. The van der Waals surface area contributed by atoms with Crippen LogP contribution < -0.4 is 16.0 Å². The van der Waals surface area contributed by atoms with E-state index in [4.69, 9.17) is 0 Å². The second-order valence-corrected chi connectivity index (χ2v) is 7.00. The second-order valence-electron chi connectivity index (χ2n) is 7.00. The third kappa shape index (κ3) is 6.48. The van der Waals surface area contributed by atoms with Crippen LogP contribution in [0.1, 0.15) is 30.9 Å². The van der Waals surface area contributed by atoms with Gasteiger partial charge in [-0.3, -0.25) is 0 Å². The summed E-state index contributed by atoms with van der Waals surface area (Å²) in [5, 5.41) is 9.44. The zero-order valence-electron chi connectivity index (χ0n) is 16.7. The van der Waals surface area contributed by atoms with Crippen molar-refractivity contribution >= 4 is 17.7 Å². The number of carbonyl (C=O) groups is 1. The molecule has 154 valence electrons. The van der Waals surface area contributed by atoms with Crippen LogP contribution >= 0.6 is 0 Å². The van der Waals surface area contributed by atoms with E-state index in [1.165, 1.54) is 12.1 Å². The summed E-state index contributed by atoms with van der Waals surface area (Å²) in [7, 11) is 0. The average Bonchev–Trinajstić information content (AvgIpc) is 3.25. The Morgan fingerprint density at radius 3 is 2.59 bits per heavy atom. The molecule has 3 N–H and O–H groups in total. The molecule has 3 rings (SSSR count). The van der Waals surface area contributed by atoms with Gasteiger partial charge in [0.2, 0.25) is 0 Å². The highest BCUT2D eigenvalue weighted by molar-refractivity contribution is 5.89. The van der Waals surface area contributed by atoms with Gasteiger partial charge in [0.1, 0.15) is 5.82 Å². The molecule has 0 aromatic heterocycles. The minimum atomic E-state index is -0.261. The first-order chi connectivity index (χ1) is 14.1. The number of nitrogens with zero attached hydrogens (tertiary/aromatic N) is 2. The Hall–Kier alpha value is -3.09. The van der Waals surface area contributed by atoms with Crippen LogP contribution in [0.3, 0.4) is 0 Å². The SMILES string of the molecule is CCNC(=NCc1cccc(F)c1)NCc1cccc(NC(=O)N2CCCC2)c1. The van der Waals surface area contributed by atoms with Crippen molar-refractivity contribution in [3.05, 3.63) is 65.5 Å². The highest BCUT2D eigenvalue weighted by atomic mass is 19.1. The number of aliphatic imine (C=N–C) groups is 1. The second kappa shape index (κ2) is 10.5. The van der Waals surface area contributed by atoms with Crippen LogP contribution in [0.15, 0.2) is 53.5 Å². The van der Waals surface area contributed by atoms with Gasteiger partial charge in [-0.25, -0.2) is 14.2 Å². The molecule has 29 heavy (non-hydrogen) atoms. The van der Waals surface area contributed by atoms with Gasteiger partial charge in [0.05, 0.1) is 6.54 Å². The quantitative estimate of drug-likeness (QED) is 0.514. The van der Waals surface area contributed by atoms with Crippen molar-refractivity contribution in [2.45, 2.75) is 32.9 Å². The Labute approximate surface area is 171 Å². The number of anilines is 1. The van der Waals surface area contributed by atoms with Crippen molar-refractivity contribution in [1.29, 1.82) is 0 Å². The fourth-order valence-corrected chi connectivity index (χ4v) is 3.21. The molecule has 1 saturated heterocycles. The van der Waals surface area contributed by atoms with E-state index in [9.17, 15) is 9.18 Å². The number of likely N-dealkylation sites (tertiary alicyclic amines) is 1. The molecular weight excluding hydrogens is 369 g/mol. The average molecular weight is 397 g/mol. The van der Waals surface area contributed by atoms with E-state index in [1.54, 1.807) is 6.07 Å². The molecule has 1 heterocycles. The highest BCUT2D eigenvalue weighted by Crippen LogP contribution is 2.14. The molecule has 0 spiro atoms. The molecule has 0 atom stereocenters. The fraction of sp³-hybridized carbons (Fsp3) is 0.364. The van der Waals surface area contributed by atoms with E-state index in [0.29, 0.717) is 19.0 Å². The minimum absolute atomic E-state index is 0.0439. The number of urea groups is 1. The first kappa shape index (κ1) is 20.6. The normalized spacial score (nSPS) is 14.0. The van der Waals surface area contributed by atoms with Crippen molar-refractivity contribution < 1.29 is 9.18 Å². The molecular formula is C22H28FN5O. The maximum atomic E-state index is 13.3. The van der Waals surface area contributed by atoms with E-state index in [2.05, 4.69) is 20.9 Å². The lowest BCUT2D eigenvalue weighted by Crippen LogP contribution is -2.36. The third-order valence-electron chi connectivity index (χ3n) is 4.68. The Balaban J connectivity index is 1.57. The van der Waals surface area contributed by atoms with Crippen LogP contribution in [0.25, 0.3) is 0 Å². The van der Waals surface area contributed by atoms with Gasteiger partial charge in [-0.1, -0.05) is 24.3 Å². The molecule has 0 bridgehead atoms. The van der Waals surface area contributed by atoms with Crippen LogP contribution in [0.5, 0.6) is 0 Å². The summed E-state index contributed by atoms with van der Waals surface area (Å²) < 4.78 is 13.3. The molecule has 0 saturated carbocycles. The predicted molar refractivity (Wildman–Crippen MR) is 114 cm³/mol. The third-order valence-corrected chi connectivity index (χ3v) is 4.68. The molecule has 7 heteroatoms. The number of halogens is 1. The Kier molecular flexibility index (Phi) is 7.44. The summed E-state index contributed by atoms with van der Waals surface area (Å²) in [5.41, 5.74) is 2.62. The first-order valence-electron chi connectivity index (χ1n) is 10.1. The van der Waals surface area contributed by atoms with E-state index < -0.39 is 0 Å². The highest BCUT2D eigenvalue weighted by Gasteiger charge is 2.17. The lowest BCUT2D eigenvalue weighted by Gasteiger charge is -2.17. The van der Waals surface area contributed by atoms with Crippen LogP contribution in [0.4, 0.5) is 14.9 Å². The van der Waals surface area contributed by atoms with Gasteiger partial charge in [-0.05, 0) is 55.2 Å². The number of guanidine groups is 1. The molecule has 0 aliphatic carbocycles. The summed E-state index contributed by atoms with van der Waals surface area (Å²) in [5.74, 6) is 0.395. The summed E-state index contributed by atoms with van der Waals surface area (Å²) in [6.07, 6.45) is 2.14. The molecule has 1 aliphatic heterocycles. The zero-order valence-corrected chi connectivity index (χ0v) is 16.7. The molecule has 1 fully saturated rings. The van der Waals surface area contributed by atoms with E-state index in [-0.39, 0.29) is 11.8 Å². The van der Waals surface area contributed by atoms with Crippen LogP contribution in [0.2, 0.25) is 0 Å². The number of nitrogens with one attached hydrogen (secondary N) is 3. The number of hydrogen-bond donors (Lipinski definition) is 3. The van der Waals surface area contributed by atoms with E-state index in [1.807, 2.05) is 42.2 Å². The minimum Gasteiger partial charge on any atom is -0.357 e. The van der Waals surface area contributed by atoms with Crippen molar-refractivity contribution in [2.75, 3.05) is 25.0 Å². The summed E-state index contributed by atoms with van der Waals surface area (Å²) in [4.78, 5) is 18.6. The smallest absolute Gasteiger partial charge is 0.321 e. The van der Waals surface area contributed by atoms with Gasteiger partial charge in [0, 0.05) is 31.9 Å². The Morgan fingerprint density at radius 1 is 1.07 bits per heavy atom. The van der Waals surface area contributed by atoms with Gasteiger partial charge >= 0.3 is 6.03 Å². The molecule has 2 amide bonds. The Morgan fingerprint density at radius 2 is 1.83 bits per heavy atom. The lowest BCUT2D eigenvalue weighted by molar-refractivity contribution is 0.222. The number of carbonyl (C=O) groups excluding carboxylic acids is 1. The number of rotatable bonds is 6. The van der Waals surface area contributed by atoms with Gasteiger partial charge < -0.3 is 20.9 Å². The van der Waals surface area contributed by atoms with Crippen molar-refractivity contribution in [1.82, 2.24) is 15.5 Å². The van der Waals surface area contributed by atoms with Gasteiger partial charge in [0.15, 0.2) is 5.96 Å². The summed E-state index contributed by atoms with van der Waals surface area (Å²) >= 11 is 0. The number of hydrogen-bond acceptors (Lipinski definition) is 2. The summed E-state index contributed by atoms with van der Waals surface area (Å²) in [6, 6.07) is 14.2. The van der Waals surface area contributed by atoms with Crippen molar-refractivity contribution in [2.24, 2.45) is 4.99 Å². The number of amides is 2. The van der Waals surface area contributed by atoms with E-state index >= 15 is 0 Å². The zero-order chi connectivity index (χ0) is 20.5. The van der Waals surface area contributed by atoms with Crippen LogP contribution in [0, 0.1) is 5.82 Å². The van der Waals surface area contributed by atoms with Gasteiger partial charge in [-0.2, -0.15) is 0 Å². The Bertz CT molecular complexity index is 849. The molecule has 1 aliphatic rings. The molecule has 2 aromatic carbocycles. The van der Waals surface area contributed by atoms with Crippen LogP contribution in [-0.4, -0.2) is 36.5 Å². The van der Waals surface area contributed by atoms with Crippen molar-refractivity contribution in [3.63, 3.8) is 0 Å². The molecule has 6 nitrogen and oxygen atoms in total. The molecule has 0 radical (unpaired) electrons. The molecule has 0 unspecified atom stereocenters. The van der Waals surface area contributed by atoms with Crippen LogP contribution in [-0.2, 0) is 13.1 Å².